The highest BCUT2D eigenvalue weighted by Gasteiger charge is 2.23. The van der Waals surface area contributed by atoms with Crippen molar-refractivity contribution < 1.29 is 22.4 Å². The molecule has 1 aromatic carbocycles. The summed E-state index contributed by atoms with van der Waals surface area (Å²) >= 11 is 0. The number of amides is 1. The maximum absolute atomic E-state index is 12.5. The summed E-state index contributed by atoms with van der Waals surface area (Å²) in [5.74, 6) is 0.468. The Kier molecular flexibility index (Phi) is 4.79. The van der Waals surface area contributed by atoms with Gasteiger partial charge in [-0.05, 0) is 18.2 Å². The van der Waals surface area contributed by atoms with Crippen LogP contribution in [0.3, 0.4) is 0 Å². The number of benzene rings is 1. The van der Waals surface area contributed by atoms with Crippen molar-refractivity contribution in [2.75, 3.05) is 31.8 Å². The van der Waals surface area contributed by atoms with E-state index in [9.17, 15) is 13.2 Å². The van der Waals surface area contributed by atoms with E-state index in [1.807, 2.05) is 0 Å². The molecule has 0 aliphatic heterocycles. The first-order valence-electron chi connectivity index (χ1n) is 7.99. The molecule has 0 atom stereocenters. The van der Waals surface area contributed by atoms with Gasteiger partial charge < -0.3 is 14.5 Å². The van der Waals surface area contributed by atoms with Crippen LogP contribution in [0.4, 0.5) is 5.69 Å². The minimum Gasteiger partial charge on any atom is -0.481 e. The summed E-state index contributed by atoms with van der Waals surface area (Å²) in [6.45, 7) is 0. The van der Waals surface area contributed by atoms with Crippen LogP contribution < -0.4 is 14.4 Å². The zero-order valence-corrected chi connectivity index (χ0v) is 16.1. The van der Waals surface area contributed by atoms with Crippen LogP contribution in [-0.2, 0) is 10.0 Å². The number of nitrogens with one attached hydrogen (secondary N) is 1. The number of carbonyl (C=O) groups excluding carboxylic acids is 1. The molecule has 0 fully saturated rings. The van der Waals surface area contributed by atoms with E-state index < -0.39 is 10.0 Å². The molecule has 27 heavy (non-hydrogen) atoms. The van der Waals surface area contributed by atoms with E-state index >= 15 is 0 Å². The molecule has 3 aromatic rings. The summed E-state index contributed by atoms with van der Waals surface area (Å²) < 4.78 is 35.7. The monoisotopic (exact) mass is 389 g/mol. The molecule has 0 saturated carbocycles. The fourth-order valence-corrected chi connectivity index (χ4v) is 3.16. The van der Waals surface area contributed by atoms with Gasteiger partial charge in [-0.1, -0.05) is 0 Å². The number of fused-ring (bicyclic) bond motifs is 1. The van der Waals surface area contributed by atoms with Gasteiger partial charge in [0.05, 0.1) is 24.6 Å². The normalized spacial score (nSPS) is 11.4. The van der Waals surface area contributed by atoms with Crippen LogP contribution in [0, 0.1) is 0 Å². The van der Waals surface area contributed by atoms with Gasteiger partial charge in [-0.15, -0.1) is 0 Å². The van der Waals surface area contributed by atoms with E-state index in [1.54, 1.807) is 36.5 Å². The summed E-state index contributed by atoms with van der Waals surface area (Å²) in [6.07, 6.45) is 2.66. The fraction of sp³-hybridized carbons (Fsp3) is 0.222. The Labute approximate surface area is 156 Å². The average Bonchev–Trinajstić information content (AvgIpc) is 3.04. The molecular weight excluding hydrogens is 370 g/mol. The number of methoxy groups -OCH3 is 1. The third-order valence-electron chi connectivity index (χ3n) is 4.20. The van der Waals surface area contributed by atoms with Crippen molar-refractivity contribution in [1.82, 2.24) is 10.3 Å². The first kappa shape index (κ1) is 18.7. The van der Waals surface area contributed by atoms with Crippen molar-refractivity contribution in [3.63, 3.8) is 0 Å². The maximum atomic E-state index is 12.5. The number of ether oxygens (including phenoxy) is 1. The lowest BCUT2D eigenvalue weighted by Crippen LogP contribution is -2.24. The van der Waals surface area contributed by atoms with Crippen LogP contribution in [0.25, 0.3) is 22.3 Å². The number of hydrogen-bond donors (Lipinski definition) is 1. The van der Waals surface area contributed by atoms with E-state index in [4.69, 9.17) is 9.15 Å². The second-order valence-corrected chi connectivity index (χ2v) is 7.90. The van der Waals surface area contributed by atoms with Gasteiger partial charge in [0.15, 0.2) is 0 Å². The van der Waals surface area contributed by atoms with Gasteiger partial charge in [0.1, 0.15) is 11.3 Å². The molecule has 3 rings (SSSR count). The van der Waals surface area contributed by atoms with Gasteiger partial charge in [-0.2, -0.15) is 0 Å². The molecular formula is C18H19N3O5S. The van der Waals surface area contributed by atoms with Gasteiger partial charge in [0.25, 0.3) is 5.91 Å². The van der Waals surface area contributed by atoms with Crippen LogP contribution in [0.2, 0.25) is 0 Å². The second kappa shape index (κ2) is 6.92. The number of furan rings is 1. The summed E-state index contributed by atoms with van der Waals surface area (Å²) in [5.41, 5.74) is 1.78. The Bertz CT molecular complexity index is 1100. The molecule has 0 spiro atoms. The molecule has 0 aliphatic carbocycles. The summed E-state index contributed by atoms with van der Waals surface area (Å²) in [5, 5.41) is 3.18. The molecule has 9 heteroatoms. The smallest absolute Gasteiger partial charge is 0.255 e. The van der Waals surface area contributed by atoms with Crippen LogP contribution in [0.1, 0.15) is 10.4 Å². The molecule has 142 valence electrons. The standard InChI is InChI=1S/C18H19N3O5S/c1-19-18(22)16-13-7-6-12(21(2)27(4,23)24)9-14(13)26-17(16)11-5-8-15(25-3)20-10-11/h5-10H,1-4H3,(H,19,22). The first-order valence-corrected chi connectivity index (χ1v) is 9.84. The Morgan fingerprint density at radius 1 is 1.26 bits per heavy atom. The lowest BCUT2D eigenvalue weighted by Gasteiger charge is -2.16. The Morgan fingerprint density at radius 2 is 2.00 bits per heavy atom. The van der Waals surface area contributed by atoms with E-state index in [-0.39, 0.29) is 5.91 Å². The van der Waals surface area contributed by atoms with Crippen molar-refractivity contribution >= 4 is 32.6 Å². The van der Waals surface area contributed by atoms with E-state index in [2.05, 4.69) is 10.3 Å². The van der Waals surface area contributed by atoms with Crippen LogP contribution >= 0.6 is 0 Å². The topological polar surface area (TPSA) is 102 Å². The summed E-state index contributed by atoms with van der Waals surface area (Å²) in [6, 6.07) is 8.28. The maximum Gasteiger partial charge on any atom is 0.255 e. The van der Waals surface area contributed by atoms with Crippen molar-refractivity contribution in [2.45, 2.75) is 0 Å². The molecule has 0 unspecified atom stereocenters. The molecule has 1 N–H and O–H groups in total. The fourth-order valence-electron chi connectivity index (χ4n) is 2.66. The number of carbonyl (C=O) groups is 1. The third-order valence-corrected chi connectivity index (χ3v) is 5.40. The minimum atomic E-state index is -3.42. The van der Waals surface area contributed by atoms with Crippen molar-refractivity contribution in [3.8, 4) is 17.2 Å². The Balaban J connectivity index is 2.21. The number of sulfonamides is 1. The zero-order chi connectivity index (χ0) is 19.8. The van der Waals surface area contributed by atoms with Gasteiger partial charge in [-0.25, -0.2) is 13.4 Å². The Morgan fingerprint density at radius 3 is 2.56 bits per heavy atom. The average molecular weight is 389 g/mol. The van der Waals surface area contributed by atoms with Gasteiger partial charge >= 0.3 is 0 Å². The van der Waals surface area contributed by atoms with Crippen LogP contribution in [-0.4, -0.2) is 46.8 Å². The van der Waals surface area contributed by atoms with E-state index in [0.717, 1.165) is 10.6 Å². The highest BCUT2D eigenvalue weighted by molar-refractivity contribution is 7.92. The Hall–Kier alpha value is -3.07. The molecule has 0 bridgehead atoms. The zero-order valence-electron chi connectivity index (χ0n) is 15.3. The summed E-state index contributed by atoms with van der Waals surface area (Å²) in [4.78, 5) is 16.6. The van der Waals surface area contributed by atoms with Crippen molar-refractivity contribution in [3.05, 3.63) is 42.1 Å². The highest BCUT2D eigenvalue weighted by atomic mass is 32.2. The predicted molar refractivity (Wildman–Crippen MR) is 103 cm³/mol. The van der Waals surface area contributed by atoms with Crippen molar-refractivity contribution in [1.29, 1.82) is 0 Å². The molecule has 2 heterocycles. The number of hydrogen-bond acceptors (Lipinski definition) is 6. The van der Waals surface area contributed by atoms with E-state index in [1.165, 1.54) is 21.2 Å². The number of aromatic nitrogens is 1. The lowest BCUT2D eigenvalue weighted by molar-refractivity contribution is 0.0964. The van der Waals surface area contributed by atoms with Gasteiger partial charge in [0, 0.05) is 43.4 Å². The first-order chi connectivity index (χ1) is 12.8. The van der Waals surface area contributed by atoms with Crippen LogP contribution in [0.5, 0.6) is 5.88 Å². The lowest BCUT2D eigenvalue weighted by atomic mass is 10.1. The number of anilines is 1. The number of nitrogens with zero attached hydrogens (tertiary/aromatic N) is 2. The molecule has 0 saturated heterocycles. The van der Waals surface area contributed by atoms with Gasteiger partial charge in [0.2, 0.25) is 15.9 Å². The molecule has 0 radical (unpaired) electrons. The minimum absolute atomic E-state index is 0.316. The van der Waals surface area contributed by atoms with Crippen LogP contribution in [0.15, 0.2) is 40.9 Å². The second-order valence-electron chi connectivity index (χ2n) is 5.89. The molecule has 2 aromatic heterocycles. The molecule has 0 aliphatic rings. The van der Waals surface area contributed by atoms with Crippen molar-refractivity contribution in [2.24, 2.45) is 0 Å². The molecule has 8 nitrogen and oxygen atoms in total. The summed E-state index contributed by atoms with van der Waals surface area (Å²) in [7, 11) is 1.08. The molecule has 1 amide bonds. The SMILES string of the molecule is CNC(=O)c1c(-c2ccc(OC)nc2)oc2cc(N(C)S(C)(=O)=O)ccc12. The third kappa shape index (κ3) is 3.45. The van der Waals surface area contributed by atoms with E-state index in [0.29, 0.717) is 39.4 Å². The quantitative estimate of drug-likeness (QED) is 0.718. The van der Waals surface area contributed by atoms with Gasteiger partial charge in [-0.3, -0.25) is 9.10 Å². The highest BCUT2D eigenvalue weighted by Crippen LogP contribution is 2.35. The number of pyridine rings is 1. The predicted octanol–water partition coefficient (Wildman–Crippen LogP) is 2.26. The number of rotatable bonds is 5. The largest absolute Gasteiger partial charge is 0.481 e.